The standard InChI is InChI=1S/C15H21N3S3/c1-4-11-12(20-7-6-19-11)14-17-13(16-5-2)10-8-9(3)21-15(10)18-14/h8,11-12H,4-7H2,1-3H3,(H,16,17,18). The van der Waals surface area contributed by atoms with Gasteiger partial charge in [-0.05, 0) is 26.3 Å². The molecule has 2 aromatic heterocycles. The summed E-state index contributed by atoms with van der Waals surface area (Å²) >= 11 is 5.87. The highest BCUT2D eigenvalue weighted by Crippen LogP contribution is 2.44. The minimum absolute atomic E-state index is 0.429. The Balaban J connectivity index is 2.05. The third kappa shape index (κ3) is 3.17. The van der Waals surface area contributed by atoms with Crippen LogP contribution in [-0.4, -0.2) is 33.3 Å². The SMILES string of the molecule is CCNc1nc(C2SCCSC2CC)nc2sc(C)cc12. The van der Waals surface area contributed by atoms with Gasteiger partial charge in [0.1, 0.15) is 16.5 Å². The number of aromatic nitrogens is 2. The molecule has 2 atom stereocenters. The highest BCUT2D eigenvalue weighted by atomic mass is 32.2. The van der Waals surface area contributed by atoms with Gasteiger partial charge in [-0.1, -0.05) is 6.92 Å². The van der Waals surface area contributed by atoms with Gasteiger partial charge in [-0.3, -0.25) is 0 Å². The first-order valence-corrected chi connectivity index (χ1v) is 10.4. The Labute approximate surface area is 138 Å². The van der Waals surface area contributed by atoms with Gasteiger partial charge >= 0.3 is 0 Å². The van der Waals surface area contributed by atoms with Gasteiger partial charge in [-0.2, -0.15) is 11.8 Å². The van der Waals surface area contributed by atoms with E-state index in [1.165, 1.54) is 28.2 Å². The smallest absolute Gasteiger partial charge is 0.146 e. The van der Waals surface area contributed by atoms with Gasteiger partial charge in [0.05, 0.1) is 10.6 Å². The fourth-order valence-electron chi connectivity index (χ4n) is 2.63. The summed E-state index contributed by atoms with van der Waals surface area (Å²) in [5, 5.41) is 5.65. The Kier molecular flexibility index (Phi) is 4.96. The van der Waals surface area contributed by atoms with E-state index >= 15 is 0 Å². The van der Waals surface area contributed by atoms with E-state index in [9.17, 15) is 0 Å². The second-order valence-corrected chi connectivity index (χ2v) is 8.98. The predicted octanol–water partition coefficient (Wildman–Crippen LogP) is 4.73. The van der Waals surface area contributed by atoms with Crippen molar-refractivity contribution in [2.24, 2.45) is 0 Å². The fraction of sp³-hybridized carbons (Fsp3) is 0.600. The molecule has 0 spiro atoms. The van der Waals surface area contributed by atoms with Crippen molar-refractivity contribution in [2.45, 2.75) is 37.7 Å². The first-order chi connectivity index (χ1) is 10.2. The molecule has 114 valence electrons. The van der Waals surface area contributed by atoms with Gasteiger partial charge in [-0.15, -0.1) is 23.1 Å². The average molecular weight is 340 g/mol. The maximum Gasteiger partial charge on any atom is 0.146 e. The summed E-state index contributed by atoms with van der Waals surface area (Å²) in [5.74, 6) is 4.48. The van der Waals surface area contributed by atoms with E-state index in [1.807, 2.05) is 11.8 Å². The number of hydrogen-bond acceptors (Lipinski definition) is 6. The third-order valence-corrected chi connectivity index (χ3v) is 7.77. The molecule has 0 bridgehead atoms. The van der Waals surface area contributed by atoms with Crippen LogP contribution in [-0.2, 0) is 0 Å². The molecule has 1 saturated heterocycles. The number of rotatable bonds is 4. The summed E-state index contributed by atoms with van der Waals surface area (Å²) in [4.78, 5) is 12.2. The number of anilines is 1. The molecular formula is C15H21N3S3. The second-order valence-electron chi connectivity index (χ2n) is 5.15. The first-order valence-electron chi connectivity index (χ1n) is 7.48. The van der Waals surface area contributed by atoms with Crippen molar-refractivity contribution >= 4 is 50.9 Å². The minimum Gasteiger partial charge on any atom is -0.370 e. The number of fused-ring (bicyclic) bond motifs is 1. The van der Waals surface area contributed by atoms with Crippen molar-refractivity contribution in [3.05, 3.63) is 16.8 Å². The summed E-state index contributed by atoms with van der Waals surface area (Å²) in [6, 6.07) is 2.20. The van der Waals surface area contributed by atoms with Crippen LogP contribution >= 0.6 is 34.9 Å². The Morgan fingerprint density at radius 2 is 2.05 bits per heavy atom. The molecule has 2 aromatic rings. The lowest BCUT2D eigenvalue weighted by Crippen LogP contribution is -2.20. The number of thiophene rings is 1. The predicted molar refractivity (Wildman–Crippen MR) is 98.1 cm³/mol. The Hall–Kier alpha value is -0.460. The molecule has 1 aliphatic heterocycles. The highest BCUT2D eigenvalue weighted by Gasteiger charge is 2.29. The van der Waals surface area contributed by atoms with Crippen molar-refractivity contribution in [2.75, 3.05) is 23.4 Å². The largest absolute Gasteiger partial charge is 0.370 e. The van der Waals surface area contributed by atoms with E-state index in [0.29, 0.717) is 10.5 Å². The lowest BCUT2D eigenvalue weighted by Gasteiger charge is -2.28. The lowest BCUT2D eigenvalue weighted by molar-refractivity contribution is 0.755. The van der Waals surface area contributed by atoms with Crippen molar-refractivity contribution < 1.29 is 0 Å². The van der Waals surface area contributed by atoms with E-state index < -0.39 is 0 Å². The summed E-state index contributed by atoms with van der Waals surface area (Å²) in [6.45, 7) is 7.43. The molecule has 0 radical (unpaired) electrons. The molecule has 1 N–H and O–H groups in total. The topological polar surface area (TPSA) is 37.8 Å². The van der Waals surface area contributed by atoms with Gasteiger partial charge in [0.2, 0.25) is 0 Å². The minimum atomic E-state index is 0.429. The molecule has 0 saturated carbocycles. The van der Waals surface area contributed by atoms with Gasteiger partial charge < -0.3 is 5.32 Å². The molecule has 0 aromatic carbocycles. The van der Waals surface area contributed by atoms with Crippen LogP contribution in [0.1, 0.15) is 36.2 Å². The number of hydrogen-bond donors (Lipinski definition) is 1. The first kappa shape index (κ1) is 15.4. The monoisotopic (exact) mass is 339 g/mol. The maximum atomic E-state index is 4.89. The number of thioether (sulfide) groups is 2. The fourth-order valence-corrected chi connectivity index (χ4v) is 6.51. The van der Waals surface area contributed by atoms with E-state index in [4.69, 9.17) is 9.97 Å². The molecule has 3 heterocycles. The molecule has 21 heavy (non-hydrogen) atoms. The molecule has 1 aliphatic rings. The Bertz CT molecular complexity index is 626. The lowest BCUT2D eigenvalue weighted by atomic mass is 10.2. The number of nitrogens with zero attached hydrogens (tertiary/aromatic N) is 2. The van der Waals surface area contributed by atoms with Gasteiger partial charge in [0.25, 0.3) is 0 Å². The van der Waals surface area contributed by atoms with Crippen LogP contribution in [0.5, 0.6) is 0 Å². The normalized spacial score (nSPS) is 22.6. The van der Waals surface area contributed by atoms with E-state index in [0.717, 1.165) is 23.0 Å². The van der Waals surface area contributed by atoms with Gasteiger partial charge in [0, 0.05) is 28.2 Å². The van der Waals surface area contributed by atoms with E-state index in [2.05, 4.69) is 43.9 Å². The molecule has 0 amide bonds. The molecular weight excluding hydrogens is 318 g/mol. The average Bonchev–Trinajstić information content (AvgIpc) is 2.88. The second kappa shape index (κ2) is 6.75. The van der Waals surface area contributed by atoms with Gasteiger partial charge in [0.15, 0.2) is 0 Å². The van der Waals surface area contributed by atoms with Crippen LogP contribution in [0.25, 0.3) is 10.2 Å². The third-order valence-electron chi connectivity index (χ3n) is 3.58. The zero-order valence-corrected chi connectivity index (χ0v) is 15.1. The Morgan fingerprint density at radius 1 is 1.24 bits per heavy atom. The van der Waals surface area contributed by atoms with Crippen LogP contribution < -0.4 is 5.32 Å². The van der Waals surface area contributed by atoms with E-state index in [1.54, 1.807) is 11.3 Å². The van der Waals surface area contributed by atoms with Crippen LogP contribution in [0.3, 0.4) is 0 Å². The summed E-state index contributed by atoms with van der Waals surface area (Å²) in [5.41, 5.74) is 0. The Morgan fingerprint density at radius 3 is 2.81 bits per heavy atom. The molecule has 1 fully saturated rings. The molecule has 6 heteroatoms. The molecule has 3 rings (SSSR count). The quantitative estimate of drug-likeness (QED) is 0.871. The highest BCUT2D eigenvalue weighted by molar-refractivity contribution is 8.06. The van der Waals surface area contributed by atoms with Crippen molar-refractivity contribution in [3.8, 4) is 0 Å². The zero-order valence-electron chi connectivity index (χ0n) is 12.7. The van der Waals surface area contributed by atoms with Crippen LogP contribution in [0, 0.1) is 6.92 Å². The van der Waals surface area contributed by atoms with Gasteiger partial charge in [-0.25, -0.2) is 9.97 Å². The summed E-state index contributed by atoms with van der Waals surface area (Å²) in [7, 11) is 0. The van der Waals surface area contributed by atoms with Crippen LogP contribution in [0.2, 0.25) is 0 Å². The summed E-state index contributed by atoms with van der Waals surface area (Å²) in [6.07, 6.45) is 1.18. The van der Waals surface area contributed by atoms with Crippen LogP contribution in [0.4, 0.5) is 5.82 Å². The van der Waals surface area contributed by atoms with Crippen molar-refractivity contribution in [1.29, 1.82) is 0 Å². The number of aryl methyl sites for hydroxylation is 1. The zero-order chi connectivity index (χ0) is 14.8. The van der Waals surface area contributed by atoms with E-state index in [-0.39, 0.29) is 0 Å². The maximum absolute atomic E-state index is 4.89. The van der Waals surface area contributed by atoms with Crippen LogP contribution in [0.15, 0.2) is 6.07 Å². The molecule has 3 nitrogen and oxygen atoms in total. The van der Waals surface area contributed by atoms with Crippen molar-refractivity contribution in [3.63, 3.8) is 0 Å². The molecule has 2 unspecified atom stereocenters. The molecule has 0 aliphatic carbocycles. The number of nitrogens with one attached hydrogen (secondary N) is 1. The summed E-state index contributed by atoms with van der Waals surface area (Å²) < 4.78 is 0. The van der Waals surface area contributed by atoms with Crippen molar-refractivity contribution in [1.82, 2.24) is 9.97 Å².